The first kappa shape index (κ1) is 14.0. The van der Waals surface area contributed by atoms with Crippen molar-refractivity contribution < 1.29 is 15.0 Å². The Morgan fingerprint density at radius 1 is 1.26 bits per heavy atom. The van der Waals surface area contributed by atoms with Gasteiger partial charge in [-0.3, -0.25) is 4.79 Å². The maximum absolute atomic E-state index is 12.1. The lowest BCUT2D eigenvalue weighted by Gasteiger charge is -2.30. The molecule has 19 heavy (non-hydrogen) atoms. The van der Waals surface area contributed by atoms with Crippen LogP contribution in [-0.2, 0) is 0 Å². The van der Waals surface area contributed by atoms with E-state index in [2.05, 4.69) is 5.32 Å². The van der Waals surface area contributed by atoms with Crippen molar-refractivity contribution in [1.82, 2.24) is 5.32 Å². The Balaban J connectivity index is 2.12. The number of nitrogens with one attached hydrogen (secondary N) is 1. The zero-order valence-corrected chi connectivity index (χ0v) is 11.4. The summed E-state index contributed by atoms with van der Waals surface area (Å²) in [6, 6.07) is 4.27. The van der Waals surface area contributed by atoms with Gasteiger partial charge >= 0.3 is 0 Å². The van der Waals surface area contributed by atoms with Gasteiger partial charge in [0.15, 0.2) is 0 Å². The molecule has 4 nitrogen and oxygen atoms in total. The van der Waals surface area contributed by atoms with E-state index < -0.39 is 5.91 Å². The first-order valence-electron chi connectivity index (χ1n) is 6.51. The van der Waals surface area contributed by atoms with Gasteiger partial charge in [0.05, 0.1) is 0 Å². The highest BCUT2D eigenvalue weighted by molar-refractivity contribution is 6.18. The van der Waals surface area contributed by atoms with Gasteiger partial charge in [-0.05, 0) is 30.9 Å². The highest BCUT2D eigenvalue weighted by atomic mass is 35.5. The molecule has 0 bridgehead atoms. The van der Waals surface area contributed by atoms with Crippen LogP contribution in [-0.4, -0.2) is 28.0 Å². The topological polar surface area (TPSA) is 69.6 Å². The highest BCUT2D eigenvalue weighted by Crippen LogP contribution is 2.29. The zero-order chi connectivity index (χ0) is 13.8. The number of carbonyl (C=O) groups excluding carboxylic acids is 1. The normalized spacial score (nSPS) is 23.0. The minimum Gasteiger partial charge on any atom is -0.507 e. The van der Waals surface area contributed by atoms with Crippen LogP contribution in [0.4, 0.5) is 0 Å². The molecule has 104 valence electrons. The lowest BCUT2D eigenvalue weighted by Crippen LogP contribution is -2.42. The van der Waals surface area contributed by atoms with Crippen LogP contribution in [0.25, 0.3) is 0 Å². The molecule has 0 saturated heterocycles. The number of benzene rings is 1. The van der Waals surface area contributed by atoms with Crippen molar-refractivity contribution >= 4 is 17.5 Å². The number of phenols is 2. The fourth-order valence-corrected chi connectivity index (χ4v) is 2.95. The number of aromatic hydroxyl groups is 2. The van der Waals surface area contributed by atoms with Crippen molar-refractivity contribution in [2.24, 2.45) is 5.92 Å². The number of phenolic OH excluding ortho intramolecular Hbond substituents is 2. The van der Waals surface area contributed by atoms with Gasteiger partial charge in [0.1, 0.15) is 17.1 Å². The lowest BCUT2D eigenvalue weighted by molar-refractivity contribution is 0.0905. The summed E-state index contributed by atoms with van der Waals surface area (Å²) < 4.78 is 0. The molecule has 2 atom stereocenters. The summed E-state index contributed by atoms with van der Waals surface area (Å²) in [4.78, 5) is 12.1. The fraction of sp³-hybridized carbons (Fsp3) is 0.500. The number of alkyl halides is 1. The van der Waals surface area contributed by atoms with Gasteiger partial charge in [0.25, 0.3) is 5.91 Å². The lowest BCUT2D eigenvalue weighted by atomic mass is 9.85. The third kappa shape index (κ3) is 3.13. The Hall–Kier alpha value is -1.42. The molecule has 1 aliphatic rings. The van der Waals surface area contributed by atoms with Gasteiger partial charge in [-0.25, -0.2) is 0 Å². The van der Waals surface area contributed by atoms with E-state index in [4.69, 9.17) is 11.6 Å². The minimum absolute atomic E-state index is 0.0118. The molecule has 5 heteroatoms. The molecule has 0 aliphatic heterocycles. The van der Waals surface area contributed by atoms with Crippen LogP contribution < -0.4 is 5.32 Å². The van der Waals surface area contributed by atoms with E-state index in [9.17, 15) is 15.0 Å². The first-order valence-corrected chi connectivity index (χ1v) is 7.04. The number of hydrogen-bond donors (Lipinski definition) is 3. The molecule has 1 aliphatic carbocycles. The van der Waals surface area contributed by atoms with Crippen LogP contribution in [0.2, 0.25) is 0 Å². The predicted molar refractivity (Wildman–Crippen MR) is 73.7 cm³/mol. The molecule has 1 fully saturated rings. The molecule has 2 unspecified atom stereocenters. The Labute approximate surface area is 117 Å². The second-order valence-electron chi connectivity index (χ2n) is 4.95. The van der Waals surface area contributed by atoms with Crippen molar-refractivity contribution in [3.63, 3.8) is 0 Å². The molecular formula is C14H18ClNO3. The second-order valence-corrected chi connectivity index (χ2v) is 5.26. The molecular weight excluding hydrogens is 266 g/mol. The molecule has 3 N–H and O–H groups in total. The van der Waals surface area contributed by atoms with Crippen molar-refractivity contribution in [3.8, 4) is 11.5 Å². The largest absolute Gasteiger partial charge is 0.507 e. The van der Waals surface area contributed by atoms with Crippen molar-refractivity contribution in [2.75, 3.05) is 5.88 Å². The Morgan fingerprint density at radius 3 is 2.53 bits per heavy atom. The summed E-state index contributed by atoms with van der Waals surface area (Å²) >= 11 is 5.92. The molecule has 0 spiro atoms. The molecule has 0 aromatic heterocycles. The monoisotopic (exact) mass is 283 g/mol. The van der Waals surface area contributed by atoms with Gasteiger partial charge in [0, 0.05) is 11.9 Å². The second kappa shape index (κ2) is 6.15. The van der Waals surface area contributed by atoms with E-state index >= 15 is 0 Å². The highest BCUT2D eigenvalue weighted by Gasteiger charge is 2.27. The maximum Gasteiger partial charge on any atom is 0.259 e. The predicted octanol–water partition coefficient (Wildman–Crippen LogP) is 2.63. The maximum atomic E-state index is 12.1. The van der Waals surface area contributed by atoms with Gasteiger partial charge in [0.2, 0.25) is 0 Å². The number of rotatable bonds is 3. The third-order valence-electron chi connectivity index (χ3n) is 3.67. The summed E-state index contributed by atoms with van der Waals surface area (Å²) in [5, 5.41) is 22.2. The summed E-state index contributed by atoms with van der Waals surface area (Å²) in [6.45, 7) is 0. The van der Waals surface area contributed by atoms with Crippen LogP contribution in [0.3, 0.4) is 0 Å². The van der Waals surface area contributed by atoms with Crippen LogP contribution in [0.15, 0.2) is 18.2 Å². The summed E-state index contributed by atoms with van der Waals surface area (Å²) in [7, 11) is 0. The number of carbonyl (C=O) groups is 1. The molecule has 1 aromatic carbocycles. The Morgan fingerprint density at radius 2 is 1.89 bits per heavy atom. The van der Waals surface area contributed by atoms with Crippen molar-refractivity contribution in [2.45, 2.75) is 31.7 Å². The molecule has 0 radical (unpaired) electrons. The van der Waals surface area contributed by atoms with Gasteiger partial charge in [-0.1, -0.05) is 18.9 Å². The van der Waals surface area contributed by atoms with E-state index in [1.165, 1.54) is 18.2 Å². The van der Waals surface area contributed by atoms with E-state index in [0.717, 1.165) is 25.7 Å². The van der Waals surface area contributed by atoms with E-state index in [1.807, 2.05) is 0 Å². The van der Waals surface area contributed by atoms with Gasteiger partial charge in [-0.15, -0.1) is 11.6 Å². The Bertz CT molecular complexity index is 444. The van der Waals surface area contributed by atoms with Crippen LogP contribution in [0.5, 0.6) is 11.5 Å². The average Bonchev–Trinajstić information content (AvgIpc) is 2.39. The molecule has 1 amide bonds. The smallest absolute Gasteiger partial charge is 0.259 e. The van der Waals surface area contributed by atoms with Gasteiger partial charge < -0.3 is 15.5 Å². The van der Waals surface area contributed by atoms with E-state index in [-0.39, 0.29) is 29.0 Å². The van der Waals surface area contributed by atoms with Crippen LogP contribution >= 0.6 is 11.6 Å². The third-order valence-corrected chi connectivity index (χ3v) is 4.07. The first-order chi connectivity index (χ1) is 9.13. The van der Waals surface area contributed by atoms with Crippen LogP contribution in [0.1, 0.15) is 36.0 Å². The van der Waals surface area contributed by atoms with Crippen molar-refractivity contribution in [1.29, 1.82) is 0 Å². The summed E-state index contributed by atoms with van der Waals surface area (Å²) in [6.07, 6.45) is 4.08. The molecule has 1 saturated carbocycles. The molecule has 1 aromatic rings. The number of halogens is 1. The number of amides is 1. The Kier molecular flexibility index (Phi) is 4.53. The van der Waals surface area contributed by atoms with Crippen molar-refractivity contribution in [3.05, 3.63) is 23.8 Å². The fourth-order valence-electron chi connectivity index (χ4n) is 2.58. The molecule has 2 rings (SSSR count). The summed E-state index contributed by atoms with van der Waals surface area (Å²) in [5.41, 5.74) is -0.0682. The van der Waals surface area contributed by atoms with Crippen LogP contribution in [0, 0.1) is 5.92 Å². The quantitative estimate of drug-likeness (QED) is 0.747. The van der Waals surface area contributed by atoms with Gasteiger partial charge in [-0.2, -0.15) is 0 Å². The average molecular weight is 284 g/mol. The minimum atomic E-state index is -0.447. The number of hydrogen-bond acceptors (Lipinski definition) is 3. The standard InChI is InChI=1S/C14H18ClNO3/c15-8-9-4-1-2-5-10(9)16-14(19)13-11(17)6-3-7-12(13)18/h3,6-7,9-10,17-18H,1-2,4-5,8H2,(H,16,19). The SMILES string of the molecule is O=C(NC1CCCCC1CCl)c1c(O)cccc1O. The van der Waals surface area contributed by atoms with E-state index in [1.54, 1.807) is 0 Å². The summed E-state index contributed by atoms with van der Waals surface area (Å²) in [5.74, 6) is -0.103. The van der Waals surface area contributed by atoms with E-state index in [0.29, 0.717) is 5.88 Å². The zero-order valence-electron chi connectivity index (χ0n) is 10.6. The molecule has 0 heterocycles.